The third-order valence-electron chi connectivity index (χ3n) is 2.95. The molecule has 100 valence electrons. The average Bonchev–Trinajstić information content (AvgIpc) is 2.30. The molecule has 1 aromatic rings. The SMILES string of the molecule is CC/C(=C/c1ccc(Cl)cc1C)CNCC(C)C. The second-order valence-electron chi connectivity index (χ2n) is 5.18. The first kappa shape index (κ1) is 15.3. The fourth-order valence-corrected chi connectivity index (χ4v) is 2.05. The van der Waals surface area contributed by atoms with Crippen LogP contribution in [0, 0.1) is 12.8 Å². The predicted molar refractivity (Wildman–Crippen MR) is 82.2 cm³/mol. The van der Waals surface area contributed by atoms with Crippen LogP contribution in [0.5, 0.6) is 0 Å². The van der Waals surface area contributed by atoms with E-state index in [2.05, 4.69) is 45.2 Å². The quantitative estimate of drug-likeness (QED) is 0.787. The highest BCUT2D eigenvalue weighted by Gasteiger charge is 2.00. The van der Waals surface area contributed by atoms with E-state index in [4.69, 9.17) is 11.6 Å². The smallest absolute Gasteiger partial charge is 0.0409 e. The molecule has 0 unspecified atom stereocenters. The van der Waals surface area contributed by atoms with Crippen molar-refractivity contribution < 1.29 is 0 Å². The third kappa shape index (κ3) is 5.24. The van der Waals surface area contributed by atoms with Crippen LogP contribution in [0.25, 0.3) is 6.08 Å². The van der Waals surface area contributed by atoms with Gasteiger partial charge in [0, 0.05) is 11.6 Å². The normalized spacial score (nSPS) is 12.2. The molecule has 0 aliphatic carbocycles. The lowest BCUT2D eigenvalue weighted by atomic mass is 10.0. The van der Waals surface area contributed by atoms with Gasteiger partial charge in [-0.1, -0.05) is 50.1 Å². The summed E-state index contributed by atoms with van der Waals surface area (Å²) < 4.78 is 0. The fraction of sp³-hybridized carbons (Fsp3) is 0.500. The van der Waals surface area contributed by atoms with Crippen LogP contribution in [-0.4, -0.2) is 13.1 Å². The Morgan fingerprint density at radius 3 is 2.67 bits per heavy atom. The molecule has 18 heavy (non-hydrogen) atoms. The summed E-state index contributed by atoms with van der Waals surface area (Å²) in [5.41, 5.74) is 3.93. The summed E-state index contributed by atoms with van der Waals surface area (Å²) in [5, 5.41) is 4.30. The Balaban J connectivity index is 2.71. The standard InChI is InChI=1S/C16H24ClN/c1-5-14(11-18-10-12(2)3)9-15-6-7-16(17)8-13(15)4/h6-9,12,18H,5,10-11H2,1-4H3/b14-9-. The maximum atomic E-state index is 5.97. The van der Waals surface area contributed by atoms with Crippen molar-refractivity contribution in [1.82, 2.24) is 5.32 Å². The predicted octanol–water partition coefficient (Wildman–Crippen LogP) is 4.69. The van der Waals surface area contributed by atoms with Crippen molar-refractivity contribution in [2.24, 2.45) is 5.92 Å². The molecule has 0 bridgehead atoms. The molecule has 0 saturated heterocycles. The maximum Gasteiger partial charge on any atom is 0.0409 e. The number of hydrogen-bond donors (Lipinski definition) is 1. The van der Waals surface area contributed by atoms with Crippen LogP contribution in [0.2, 0.25) is 5.02 Å². The molecule has 0 aromatic heterocycles. The van der Waals surface area contributed by atoms with Gasteiger partial charge in [0.05, 0.1) is 0 Å². The second-order valence-corrected chi connectivity index (χ2v) is 5.62. The van der Waals surface area contributed by atoms with Crippen LogP contribution in [0.1, 0.15) is 38.3 Å². The van der Waals surface area contributed by atoms with Crippen molar-refractivity contribution in [3.63, 3.8) is 0 Å². The summed E-state index contributed by atoms with van der Waals surface area (Å²) in [4.78, 5) is 0. The van der Waals surface area contributed by atoms with Crippen molar-refractivity contribution in [2.45, 2.75) is 34.1 Å². The summed E-state index contributed by atoms with van der Waals surface area (Å²) in [6.07, 6.45) is 3.35. The van der Waals surface area contributed by atoms with Crippen molar-refractivity contribution >= 4 is 17.7 Å². The van der Waals surface area contributed by atoms with Crippen molar-refractivity contribution in [3.05, 3.63) is 39.9 Å². The molecule has 1 nitrogen and oxygen atoms in total. The minimum atomic E-state index is 0.695. The summed E-state index contributed by atoms with van der Waals surface area (Å²) >= 11 is 5.97. The van der Waals surface area contributed by atoms with Crippen LogP contribution in [0.3, 0.4) is 0 Å². The van der Waals surface area contributed by atoms with Crippen LogP contribution in [0.4, 0.5) is 0 Å². The first-order chi connectivity index (χ1) is 8.52. The number of rotatable bonds is 6. The molecule has 0 amide bonds. The van der Waals surface area contributed by atoms with Crippen molar-refractivity contribution in [1.29, 1.82) is 0 Å². The van der Waals surface area contributed by atoms with Gasteiger partial charge in [-0.2, -0.15) is 0 Å². The van der Waals surface area contributed by atoms with Crippen molar-refractivity contribution in [3.8, 4) is 0 Å². The van der Waals surface area contributed by atoms with Gasteiger partial charge in [0.2, 0.25) is 0 Å². The van der Waals surface area contributed by atoms with E-state index in [-0.39, 0.29) is 0 Å². The monoisotopic (exact) mass is 265 g/mol. The molecule has 0 aliphatic rings. The van der Waals surface area contributed by atoms with E-state index in [1.165, 1.54) is 16.7 Å². The molecule has 0 atom stereocenters. The summed E-state index contributed by atoms with van der Waals surface area (Å²) in [6.45, 7) is 10.8. The zero-order valence-electron chi connectivity index (χ0n) is 11.9. The van der Waals surface area contributed by atoms with E-state index in [1.54, 1.807) is 0 Å². The summed E-state index contributed by atoms with van der Waals surface area (Å²) in [5.74, 6) is 0.695. The number of aryl methyl sites for hydroxylation is 1. The Kier molecular flexibility index (Phi) is 6.45. The largest absolute Gasteiger partial charge is 0.313 e. The van der Waals surface area contributed by atoms with E-state index in [9.17, 15) is 0 Å². The number of nitrogens with one attached hydrogen (secondary N) is 1. The van der Waals surface area contributed by atoms with Gasteiger partial charge >= 0.3 is 0 Å². The minimum absolute atomic E-state index is 0.695. The van der Waals surface area contributed by atoms with Crippen LogP contribution in [0.15, 0.2) is 23.8 Å². The molecule has 0 saturated carbocycles. The van der Waals surface area contributed by atoms with Gasteiger partial charge in [-0.05, 0) is 49.1 Å². The Bertz CT molecular complexity index is 408. The molecule has 2 heteroatoms. The minimum Gasteiger partial charge on any atom is -0.313 e. The van der Waals surface area contributed by atoms with E-state index in [0.29, 0.717) is 5.92 Å². The van der Waals surface area contributed by atoms with E-state index in [1.807, 2.05) is 12.1 Å². The Labute approximate surface area is 116 Å². The van der Waals surface area contributed by atoms with Gasteiger partial charge in [-0.25, -0.2) is 0 Å². The molecular weight excluding hydrogens is 242 g/mol. The topological polar surface area (TPSA) is 12.0 Å². The zero-order chi connectivity index (χ0) is 13.5. The Morgan fingerprint density at radius 1 is 1.39 bits per heavy atom. The van der Waals surface area contributed by atoms with E-state index < -0.39 is 0 Å². The maximum absolute atomic E-state index is 5.97. The van der Waals surface area contributed by atoms with Crippen LogP contribution >= 0.6 is 11.6 Å². The highest BCUT2D eigenvalue weighted by Crippen LogP contribution is 2.18. The van der Waals surface area contributed by atoms with Crippen molar-refractivity contribution in [2.75, 3.05) is 13.1 Å². The Hall–Kier alpha value is -0.790. The Morgan fingerprint density at radius 2 is 2.11 bits per heavy atom. The third-order valence-corrected chi connectivity index (χ3v) is 3.19. The molecule has 0 fully saturated rings. The molecule has 1 rings (SSSR count). The lowest BCUT2D eigenvalue weighted by Crippen LogP contribution is -2.21. The molecule has 1 N–H and O–H groups in total. The first-order valence-corrected chi connectivity index (χ1v) is 7.07. The number of benzene rings is 1. The van der Waals surface area contributed by atoms with Gasteiger partial charge in [-0.3, -0.25) is 0 Å². The number of halogens is 1. The van der Waals surface area contributed by atoms with Gasteiger partial charge in [-0.15, -0.1) is 0 Å². The van der Waals surface area contributed by atoms with E-state index >= 15 is 0 Å². The second kappa shape index (κ2) is 7.60. The van der Waals surface area contributed by atoms with Gasteiger partial charge in [0.1, 0.15) is 0 Å². The van der Waals surface area contributed by atoms with Crippen LogP contribution in [-0.2, 0) is 0 Å². The molecule has 0 spiro atoms. The lowest BCUT2D eigenvalue weighted by molar-refractivity contribution is 0.569. The molecule has 0 aliphatic heterocycles. The molecular formula is C16H24ClN. The summed E-state index contributed by atoms with van der Waals surface area (Å²) in [6, 6.07) is 6.06. The first-order valence-electron chi connectivity index (χ1n) is 6.69. The van der Waals surface area contributed by atoms with Gasteiger partial charge in [0.15, 0.2) is 0 Å². The fourth-order valence-electron chi connectivity index (χ4n) is 1.82. The van der Waals surface area contributed by atoms with Gasteiger partial charge < -0.3 is 5.32 Å². The molecule has 1 aromatic carbocycles. The van der Waals surface area contributed by atoms with Crippen LogP contribution < -0.4 is 5.32 Å². The highest BCUT2D eigenvalue weighted by molar-refractivity contribution is 6.30. The molecule has 0 radical (unpaired) electrons. The number of hydrogen-bond acceptors (Lipinski definition) is 1. The zero-order valence-corrected chi connectivity index (χ0v) is 12.6. The molecule has 0 heterocycles. The van der Waals surface area contributed by atoms with Gasteiger partial charge in [0.25, 0.3) is 0 Å². The highest BCUT2D eigenvalue weighted by atomic mass is 35.5. The average molecular weight is 266 g/mol. The lowest BCUT2D eigenvalue weighted by Gasteiger charge is -2.10. The summed E-state index contributed by atoms with van der Waals surface area (Å²) in [7, 11) is 0. The van der Waals surface area contributed by atoms with E-state index in [0.717, 1.165) is 24.5 Å².